The van der Waals surface area contributed by atoms with Crippen molar-refractivity contribution in [3.63, 3.8) is 0 Å². The number of hydrogen-bond donors (Lipinski definition) is 1. The van der Waals surface area contributed by atoms with Crippen LogP contribution in [0.4, 0.5) is 0 Å². The third kappa shape index (κ3) is 5.88. The Hall–Kier alpha value is -3.51. The van der Waals surface area contributed by atoms with Gasteiger partial charge >= 0.3 is 5.97 Å². The molecule has 34 heavy (non-hydrogen) atoms. The van der Waals surface area contributed by atoms with E-state index >= 15 is 0 Å². The summed E-state index contributed by atoms with van der Waals surface area (Å²) in [7, 11) is 1.71. The van der Waals surface area contributed by atoms with Crippen LogP contribution in [-0.2, 0) is 22.5 Å². The third-order valence-electron chi connectivity index (χ3n) is 5.89. The fraction of sp³-hybridized carbons (Fsp3) is 0.321. The number of carboxylic acids is 1. The van der Waals surface area contributed by atoms with Gasteiger partial charge in [-0.1, -0.05) is 30.3 Å². The van der Waals surface area contributed by atoms with Crippen LogP contribution in [0.3, 0.4) is 0 Å². The van der Waals surface area contributed by atoms with E-state index < -0.39 is 5.97 Å². The Morgan fingerprint density at radius 3 is 2.24 bits per heavy atom. The van der Waals surface area contributed by atoms with Crippen LogP contribution in [-0.4, -0.2) is 42.6 Å². The number of carbonyl (C=O) groups is 1. The molecule has 0 unspecified atom stereocenters. The van der Waals surface area contributed by atoms with Crippen LogP contribution in [0.2, 0.25) is 0 Å². The summed E-state index contributed by atoms with van der Waals surface area (Å²) >= 11 is 0. The zero-order valence-electron chi connectivity index (χ0n) is 19.5. The Morgan fingerprint density at radius 1 is 0.824 bits per heavy atom. The van der Waals surface area contributed by atoms with Crippen LogP contribution < -0.4 is 9.47 Å². The predicted molar refractivity (Wildman–Crippen MR) is 134 cm³/mol. The van der Waals surface area contributed by atoms with Gasteiger partial charge in [-0.25, -0.2) is 0 Å². The SMILES string of the molecule is COCCc1ccc(OCCCCOc2ccc3c4ccccc4n(CCC(=O)O)c3c2)cc1. The van der Waals surface area contributed by atoms with E-state index in [0.717, 1.165) is 59.2 Å². The van der Waals surface area contributed by atoms with Gasteiger partial charge in [0.2, 0.25) is 0 Å². The highest BCUT2D eigenvalue weighted by atomic mass is 16.5. The highest BCUT2D eigenvalue weighted by Gasteiger charge is 2.12. The molecule has 0 aliphatic rings. The number of rotatable bonds is 13. The molecule has 0 bridgehead atoms. The number of aromatic nitrogens is 1. The van der Waals surface area contributed by atoms with E-state index in [4.69, 9.17) is 19.3 Å². The lowest BCUT2D eigenvalue weighted by Gasteiger charge is -2.10. The Bertz CT molecular complexity index is 1230. The molecule has 0 fully saturated rings. The molecule has 0 atom stereocenters. The number of fused-ring (bicyclic) bond motifs is 3. The molecule has 0 radical (unpaired) electrons. The van der Waals surface area contributed by atoms with Gasteiger partial charge in [0.1, 0.15) is 11.5 Å². The average Bonchev–Trinajstić information content (AvgIpc) is 3.17. The molecular weight excluding hydrogens is 430 g/mol. The normalized spacial score (nSPS) is 11.2. The summed E-state index contributed by atoms with van der Waals surface area (Å²) in [5.41, 5.74) is 3.28. The zero-order chi connectivity index (χ0) is 23.8. The summed E-state index contributed by atoms with van der Waals surface area (Å²) in [4.78, 5) is 11.2. The largest absolute Gasteiger partial charge is 0.494 e. The van der Waals surface area contributed by atoms with Crippen molar-refractivity contribution >= 4 is 27.8 Å². The van der Waals surface area contributed by atoms with Gasteiger partial charge in [0.15, 0.2) is 0 Å². The maximum absolute atomic E-state index is 11.2. The fourth-order valence-corrected chi connectivity index (χ4v) is 4.12. The van der Waals surface area contributed by atoms with E-state index in [0.29, 0.717) is 19.8 Å². The third-order valence-corrected chi connectivity index (χ3v) is 5.89. The summed E-state index contributed by atoms with van der Waals surface area (Å²) < 4.78 is 19.0. The van der Waals surface area contributed by atoms with Gasteiger partial charge in [-0.15, -0.1) is 0 Å². The lowest BCUT2D eigenvalue weighted by molar-refractivity contribution is -0.137. The summed E-state index contributed by atoms with van der Waals surface area (Å²) in [5, 5.41) is 11.4. The van der Waals surface area contributed by atoms with Crippen molar-refractivity contribution in [2.24, 2.45) is 0 Å². The molecule has 4 aromatic rings. The molecule has 0 saturated carbocycles. The Kier molecular flexibility index (Phi) is 8.04. The van der Waals surface area contributed by atoms with Gasteiger partial charge in [0, 0.05) is 36.0 Å². The first-order chi connectivity index (χ1) is 16.7. The molecule has 0 aliphatic carbocycles. The maximum atomic E-state index is 11.2. The Labute approximate surface area is 199 Å². The molecule has 178 valence electrons. The first kappa shape index (κ1) is 23.6. The van der Waals surface area contributed by atoms with Crippen molar-refractivity contribution in [3.05, 3.63) is 72.3 Å². The number of nitrogens with zero attached hydrogens (tertiary/aromatic N) is 1. The van der Waals surface area contributed by atoms with Crippen LogP contribution in [0.25, 0.3) is 21.8 Å². The standard InChI is InChI=1S/C28H31NO5/c1-32-19-15-21-8-10-22(11-9-21)33-17-4-5-18-34-23-12-13-25-24-6-2-3-7-26(24)29(27(25)20-23)16-14-28(30)31/h2-3,6-13,20H,4-5,14-19H2,1H3,(H,30,31). The number of carboxylic acid groups (broad SMARTS) is 1. The zero-order valence-corrected chi connectivity index (χ0v) is 19.5. The lowest BCUT2D eigenvalue weighted by atomic mass is 10.1. The molecule has 6 nitrogen and oxygen atoms in total. The number of ether oxygens (including phenoxy) is 3. The van der Waals surface area contributed by atoms with Crippen LogP contribution in [0.1, 0.15) is 24.8 Å². The number of methoxy groups -OCH3 is 1. The molecule has 4 rings (SSSR count). The van der Waals surface area contributed by atoms with Gasteiger partial charge < -0.3 is 23.9 Å². The summed E-state index contributed by atoms with van der Waals surface area (Å²) in [6.07, 6.45) is 2.76. The van der Waals surface area contributed by atoms with Gasteiger partial charge in [-0.3, -0.25) is 4.79 Å². The van der Waals surface area contributed by atoms with E-state index in [1.165, 1.54) is 5.56 Å². The van der Waals surface area contributed by atoms with Gasteiger partial charge in [-0.2, -0.15) is 0 Å². The quantitative estimate of drug-likeness (QED) is 0.259. The molecule has 0 amide bonds. The fourth-order valence-electron chi connectivity index (χ4n) is 4.12. The van der Waals surface area contributed by atoms with Crippen molar-refractivity contribution in [2.75, 3.05) is 26.9 Å². The lowest BCUT2D eigenvalue weighted by Crippen LogP contribution is -2.05. The van der Waals surface area contributed by atoms with Crippen molar-refractivity contribution < 1.29 is 24.1 Å². The second-order valence-corrected chi connectivity index (χ2v) is 8.28. The first-order valence-corrected chi connectivity index (χ1v) is 11.7. The smallest absolute Gasteiger partial charge is 0.305 e. The molecule has 1 heterocycles. The first-order valence-electron chi connectivity index (χ1n) is 11.7. The molecule has 1 aromatic heterocycles. The van der Waals surface area contributed by atoms with E-state index in [-0.39, 0.29) is 6.42 Å². The van der Waals surface area contributed by atoms with Crippen LogP contribution in [0, 0.1) is 0 Å². The molecule has 0 saturated heterocycles. The number of benzene rings is 3. The number of aryl methyl sites for hydroxylation is 1. The minimum atomic E-state index is -0.803. The Balaban J connectivity index is 1.30. The Morgan fingerprint density at radius 2 is 1.50 bits per heavy atom. The maximum Gasteiger partial charge on any atom is 0.305 e. The second-order valence-electron chi connectivity index (χ2n) is 8.28. The number of unbranched alkanes of at least 4 members (excludes halogenated alkanes) is 1. The molecule has 3 aromatic carbocycles. The molecule has 6 heteroatoms. The van der Waals surface area contributed by atoms with E-state index in [2.05, 4.69) is 28.8 Å². The molecule has 0 spiro atoms. The van der Waals surface area contributed by atoms with Gasteiger partial charge in [0.25, 0.3) is 0 Å². The van der Waals surface area contributed by atoms with Crippen LogP contribution in [0.15, 0.2) is 66.7 Å². The number of hydrogen-bond acceptors (Lipinski definition) is 4. The second kappa shape index (κ2) is 11.6. The number of para-hydroxylation sites is 1. The minimum Gasteiger partial charge on any atom is -0.494 e. The topological polar surface area (TPSA) is 69.9 Å². The van der Waals surface area contributed by atoms with Crippen molar-refractivity contribution in [2.45, 2.75) is 32.2 Å². The molecule has 0 aliphatic heterocycles. The molecular formula is C28H31NO5. The highest BCUT2D eigenvalue weighted by molar-refractivity contribution is 6.08. The predicted octanol–water partition coefficient (Wildman–Crippen LogP) is 5.70. The highest BCUT2D eigenvalue weighted by Crippen LogP contribution is 2.31. The summed E-state index contributed by atoms with van der Waals surface area (Å²) in [6.45, 7) is 2.38. The van der Waals surface area contributed by atoms with Gasteiger partial charge in [-0.05, 0) is 55.2 Å². The molecule has 1 N–H and O–H groups in total. The van der Waals surface area contributed by atoms with Crippen molar-refractivity contribution in [1.82, 2.24) is 4.57 Å². The van der Waals surface area contributed by atoms with Crippen molar-refractivity contribution in [3.8, 4) is 11.5 Å². The number of aliphatic carboxylic acids is 1. The summed E-state index contributed by atoms with van der Waals surface area (Å²) in [5.74, 6) is 0.865. The van der Waals surface area contributed by atoms with Gasteiger partial charge in [0.05, 0.1) is 31.8 Å². The van der Waals surface area contributed by atoms with E-state index in [1.54, 1.807) is 7.11 Å². The minimum absolute atomic E-state index is 0.0781. The average molecular weight is 462 g/mol. The summed E-state index contributed by atoms with van der Waals surface area (Å²) in [6, 6.07) is 22.3. The van der Waals surface area contributed by atoms with E-state index in [1.807, 2.05) is 42.5 Å². The van der Waals surface area contributed by atoms with E-state index in [9.17, 15) is 4.79 Å². The van der Waals surface area contributed by atoms with Crippen molar-refractivity contribution in [1.29, 1.82) is 0 Å². The van der Waals surface area contributed by atoms with Crippen LogP contribution in [0.5, 0.6) is 11.5 Å². The monoisotopic (exact) mass is 461 g/mol. The van der Waals surface area contributed by atoms with Crippen LogP contribution >= 0.6 is 0 Å².